The molecule has 82 valence electrons. The number of nitrogens with zero attached hydrogens (tertiary/aromatic N) is 1. The molecule has 0 aliphatic rings. The molecule has 0 atom stereocenters. The highest BCUT2D eigenvalue weighted by Gasteiger charge is 1.99. The topological polar surface area (TPSA) is 48.1 Å². The zero-order chi connectivity index (χ0) is 11.4. The molecule has 0 unspecified atom stereocenters. The minimum Gasteiger partial charge on any atom is -0.456 e. The van der Waals surface area contributed by atoms with Crippen LogP contribution in [-0.4, -0.2) is 4.98 Å². The van der Waals surface area contributed by atoms with E-state index in [-0.39, 0.29) is 0 Å². The van der Waals surface area contributed by atoms with Crippen LogP contribution in [-0.2, 0) is 6.54 Å². The summed E-state index contributed by atoms with van der Waals surface area (Å²) in [6, 6.07) is 9.53. The summed E-state index contributed by atoms with van der Waals surface area (Å²) >= 11 is 3.39. The lowest BCUT2D eigenvalue weighted by Crippen LogP contribution is -1.97. The fourth-order valence-electron chi connectivity index (χ4n) is 1.30. The van der Waals surface area contributed by atoms with Gasteiger partial charge in [0.1, 0.15) is 11.5 Å². The molecule has 2 aromatic rings. The monoisotopic (exact) mass is 278 g/mol. The van der Waals surface area contributed by atoms with Crippen LogP contribution in [0.4, 0.5) is 0 Å². The molecule has 2 N–H and O–H groups in total. The first-order chi connectivity index (χ1) is 7.78. The Bertz CT molecular complexity index is 488. The number of hydrogen-bond acceptors (Lipinski definition) is 3. The molecule has 4 heteroatoms. The van der Waals surface area contributed by atoms with Crippen molar-refractivity contribution in [1.82, 2.24) is 4.98 Å². The Labute approximate surface area is 102 Å². The van der Waals surface area contributed by atoms with Crippen molar-refractivity contribution in [3.05, 3.63) is 52.8 Å². The van der Waals surface area contributed by atoms with E-state index in [9.17, 15) is 0 Å². The molecule has 0 saturated heterocycles. The molecule has 0 saturated carbocycles. The van der Waals surface area contributed by atoms with Crippen molar-refractivity contribution in [3.63, 3.8) is 0 Å². The van der Waals surface area contributed by atoms with Crippen molar-refractivity contribution in [2.45, 2.75) is 6.54 Å². The van der Waals surface area contributed by atoms with Gasteiger partial charge >= 0.3 is 0 Å². The van der Waals surface area contributed by atoms with Crippen LogP contribution < -0.4 is 10.5 Å². The molecule has 0 amide bonds. The zero-order valence-corrected chi connectivity index (χ0v) is 10.1. The molecule has 0 aliphatic heterocycles. The van der Waals surface area contributed by atoms with Gasteiger partial charge in [0.2, 0.25) is 0 Å². The van der Waals surface area contributed by atoms with E-state index in [4.69, 9.17) is 10.5 Å². The summed E-state index contributed by atoms with van der Waals surface area (Å²) in [5, 5.41) is 0. The smallest absolute Gasteiger partial charge is 0.146 e. The number of benzene rings is 1. The normalized spacial score (nSPS) is 10.1. The average molecular weight is 279 g/mol. The van der Waals surface area contributed by atoms with Crippen LogP contribution in [0.1, 0.15) is 5.56 Å². The van der Waals surface area contributed by atoms with Crippen LogP contribution in [0.5, 0.6) is 11.5 Å². The second-order valence-electron chi connectivity index (χ2n) is 3.29. The van der Waals surface area contributed by atoms with Gasteiger partial charge in [-0.1, -0.05) is 22.0 Å². The summed E-state index contributed by atoms with van der Waals surface area (Å²) in [4.78, 5) is 4.06. The number of nitrogens with two attached hydrogens (primary N) is 1. The Hall–Kier alpha value is -1.39. The van der Waals surface area contributed by atoms with Crippen LogP contribution >= 0.6 is 15.9 Å². The van der Waals surface area contributed by atoms with Crippen molar-refractivity contribution in [2.75, 3.05) is 0 Å². The maximum Gasteiger partial charge on any atom is 0.146 e. The molecular formula is C12H11BrN2O. The molecular weight excluding hydrogens is 268 g/mol. The van der Waals surface area contributed by atoms with Gasteiger partial charge in [-0.25, -0.2) is 0 Å². The van der Waals surface area contributed by atoms with E-state index in [2.05, 4.69) is 20.9 Å². The minimum absolute atomic E-state index is 0.461. The first kappa shape index (κ1) is 11.1. The third-order valence-electron chi connectivity index (χ3n) is 2.04. The summed E-state index contributed by atoms with van der Waals surface area (Å²) in [6.45, 7) is 0.461. The average Bonchev–Trinajstić information content (AvgIpc) is 2.29. The van der Waals surface area contributed by atoms with Crippen molar-refractivity contribution >= 4 is 15.9 Å². The Kier molecular flexibility index (Phi) is 3.54. The molecule has 1 heterocycles. The van der Waals surface area contributed by atoms with Crippen LogP contribution in [0.2, 0.25) is 0 Å². The molecule has 1 aromatic heterocycles. The summed E-state index contributed by atoms with van der Waals surface area (Å²) in [5.41, 5.74) is 6.48. The van der Waals surface area contributed by atoms with Crippen LogP contribution in [0.25, 0.3) is 0 Å². The highest BCUT2D eigenvalue weighted by Crippen LogP contribution is 2.24. The van der Waals surface area contributed by atoms with Gasteiger partial charge in [-0.2, -0.15) is 0 Å². The fourth-order valence-corrected chi connectivity index (χ4v) is 1.68. The number of ether oxygens (including phenoxy) is 1. The van der Waals surface area contributed by atoms with E-state index < -0.39 is 0 Å². The SMILES string of the molecule is NCc1cncc(Oc2cccc(Br)c2)c1. The van der Waals surface area contributed by atoms with E-state index in [0.29, 0.717) is 12.3 Å². The first-order valence-electron chi connectivity index (χ1n) is 4.85. The van der Waals surface area contributed by atoms with E-state index >= 15 is 0 Å². The lowest BCUT2D eigenvalue weighted by molar-refractivity contribution is 0.479. The molecule has 0 bridgehead atoms. The van der Waals surface area contributed by atoms with E-state index in [0.717, 1.165) is 15.8 Å². The Balaban J connectivity index is 2.20. The van der Waals surface area contributed by atoms with Crippen molar-refractivity contribution < 1.29 is 4.74 Å². The first-order valence-corrected chi connectivity index (χ1v) is 5.64. The van der Waals surface area contributed by atoms with Gasteiger partial charge in [-0.3, -0.25) is 4.98 Å². The van der Waals surface area contributed by atoms with Gasteiger partial charge in [0.05, 0.1) is 6.20 Å². The van der Waals surface area contributed by atoms with Crippen molar-refractivity contribution in [2.24, 2.45) is 5.73 Å². The Morgan fingerprint density at radius 3 is 2.81 bits per heavy atom. The van der Waals surface area contributed by atoms with E-state index in [1.54, 1.807) is 12.4 Å². The minimum atomic E-state index is 0.461. The van der Waals surface area contributed by atoms with E-state index in [1.165, 1.54) is 0 Å². The van der Waals surface area contributed by atoms with Gasteiger partial charge in [0.25, 0.3) is 0 Å². The molecule has 1 aromatic carbocycles. The molecule has 16 heavy (non-hydrogen) atoms. The van der Waals surface area contributed by atoms with Crippen LogP contribution in [0.15, 0.2) is 47.2 Å². The summed E-state index contributed by atoms with van der Waals surface area (Å²) in [7, 11) is 0. The fraction of sp³-hybridized carbons (Fsp3) is 0.0833. The lowest BCUT2D eigenvalue weighted by Gasteiger charge is -2.06. The maximum absolute atomic E-state index is 5.65. The van der Waals surface area contributed by atoms with Gasteiger partial charge in [0.15, 0.2) is 0 Å². The van der Waals surface area contributed by atoms with Crippen LogP contribution in [0.3, 0.4) is 0 Å². The van der Waals surface area contributed by atoms with Gasteiger partial charge in [-0.15, -0.1) is 0 Å². The number of rotatable bonds is 3. The second kappa shape index (κ2) is 5.09. The van der Waals surface area contributed by atoms with Crippen LogP contribution in [0, 0.1) is 0 Å². The lowest BCUT2D eigenvalue weighted by atomic mass is 10.3. The molecule has 3 nitrogen and oxygen atoms in total. The van der Waals surface area contributed by atoms with Gasteiger partial charge < -0.3 is 10.5 Å². The van der Waals surface area contributed by atoms with Crippen molar-refractivity contribution in [1.29, 1.82) is 0 Å². The zero-order valence-electron chi connectivity index (χ0n) is 8.56. The van der Waals surface area contributed by atoms with Gasteiger partial charge in [-0.05, 0) is 29.8 Å². The molecule has 0 aliphatic carbocycles. The molecule has 0 spiro atoms. The number of pyridine rings is 1. The summed E-state index contributed by atoms with van der Waals surface area (Å²) < 4.78 is 6.63. The molecule has 0 radical (unpaired) electrons. The third-order valence-corrected chi connectivity index (χ3v) is 2.53. The largest absolute Gasteiger partial charge is 0.456 e. The maximum atomic E-state index is 5.65. The highest BCUT2D eigenvalue weighted by atomic mass is 79.9. The van der Waals surface area contributed by atoms with Gasteiger partial charge in [0, 0.05) is 17.2 Å². The number of aromatic nitrogens is 1. The van der Waals surface area contributed by atoms with E-state index in [1.807, 2.05) is 30.3 Å². The van der Waals surface area contributed by atoms with Crippen molar-refractivity contribution in [3.8, 4) is 11.5 Å². The summed E-state index contributed by atoms with van der Waals surface area (Å²) in [5.74, 6) is 1.46. The standard InChI is InChI=1S/C12H11BrN2O/c13-10-2-1-3-11(5-10)16-12-4-9(6-14)7-15-8-12/h1-5,7-8H,6,14H2. The summed E-state index contributed by atoms with van der Waals surface area (Å²) in [6.07, 6.45) is 3.40. The predicted molar refractivity (Wildman–Crippen MR) is 66.3 cm³/mol. The Morgan fingerprint density at radius 2 is 2.06 bits per heavy atom. The molecule has 0 fully saturated rings. The Morgan fingerprint density at radius 1 is 1.19 bits per heavy atom. The second-order valence-corrected chi connectivity index (χ2v) is 4.21. The highest BCUT2D eigenvalue weighted by molar-refractivity contribution is 9.10. The quantitative estimate of drug-likeness (QED) is 0.939. The molecule has 2 rings (SSSR count). The number of halogens is 1. The third kappa shape index (κ3) is 2.81. The number of hydrogen-bond donors (Lipinski definition) is 1. The predicted octanol–water partition coefficient (Wildman–Crippen LogP) is 3.10.